The predicted molar refractivity (Wildman–Crippen MR) is 68.2 cm³/mol. The fourth-order valence-corrected chi connectivity index (χ4v) is 1.80. The van der Waals surface area contributed by atoms with E-state index in [1.54, 1.807) is 6.20 Å². The normalized spacial score (nSPS) is 11.6. The highest BCUT2D eigenvalue weighted by Crippen LogP contribution is 2.25. The van der Waals surface area contributed by atoms with Crippen molar-refractivity contribution in [3.8, 4) is 0 Å². The lowest BCUT2D eigenvalue weighted by Crippen LogP contribution is -1.95. The summed E-state index contributed by atoms with van der Waals surface area (Å²) in [6.07, 6.45) is 3.68. The van der Waals surface area contributed by atoms with E-state index in [2.05, 4.69) is 24.0 Å². The van der Waals surface area contributed by atoms with Gasteiger partial charge in [0.25, 0.3) is 0 Å². The Morgan fingerprint density at radius 2 is 1.88 bits per heavy atom. The minimum absolute atomic E-state index is 0. The molecule has 1 aromatic heterocycles. The molecule has 0 aliphatic heterocycles. The molecule has 1 unspecified atom stereocenters. The molecule has 2 rings (SSSR count). The molecule has 0 saturated carbocycles. The third-order valence-corrected chi connectivity index (χ3v) is 2.77. The molecule has 3 heteroatoms. The Morgan fingerprint density at radius 1 is 1.12 bits per heavy atom. The molecule has 0 fully saturated rings. The van der Waals surface area contributed by atoms with E-state index in [1.807, 2.05) is 30.5 Å². The Labute approximate surface area is 101 Å². The third kappa shape index (κ3) is 2.81. The lowest BCUT2D eigenvalue weighted by atomic mass is 9.95. The average molecular weight is 235 g/mol. The summed E-state index contributed by atoms with van der Waals surface area (Å²) in [5.74, 6) is 0.331. The van der Waals surface area contributed by atoms with Crippen molar-refractivity contribution in [2.45, 2.75) is 12.8 Å². The highest BCUT2D eigenvalue weighted by atomic mass is 35.5. The molecule has 84 valence electrons. The van der Waals surface area contributed by atoms with Crippen molar-refractivity contribution < 1.29 is 0 Å². The summed E-state index contributed by atoms with van der Waals surface area (Å²) >= 11 is 5.96. The van der Waals surface area contributed by atoms with Crippen LogP contribution < -0.4 is 6.15 Å². The summed E-state index contributed by atoms with van der Waals surface area (Å²) in [5, 5.41) is 0.781. The van der Waals surface area contributed by atoms with Crippen LogP contribution in [0.25, 0.3) is 0 Å². The van der Waals surface area contributed by atoms with E-state index in [-0.39, 0.29) is 6.15 Å². The summed E-state index contributed by atoms with van der Waals surface area (Å²) in [6, 6.07) is 12.0. The molecule has 0 amide bonds. The van der Waals surface area contributed by atoms with Crippen LogP contribution in [0.15, 0.2) is 48.8 Å². The molecule has 2 nitrogen and oxygen atoms in total. The van der Waals surface area contributed by atoms with Gasteiger partial charge >= 0.3 is 0 Å². The summed E-state index contributed by atoms with van der Waals surface area (Å²) in [6.45, 7) is 2.16. The van der Waals surface area contributed by atoms with Gasteiger partial charge in [0.2, 0.25) is 0 Å². The number of aromatic nitrogens is 1. The van der Waals surface area contributed by atoms with Gasteiger partial charge in [-0.3, -0.25) is 4.98 Å². The van der Waals surface area contributed by atoms with Crippen LogP contribution in [0.5, 0.6) is 0 Å². The molecule has 0 bridgehead atoms. The molecule has 0 spiro atoms. The first-order valence-electron chi connectivity index (χ1n) is 4.93. The zero-order chi connectivity index (χ0) is 10.7. The summed E-state index contributed by atoms with van der Waals surface area (Å²) in [5.41, 5.74) is 2.43. The van der Waals surface area contributed by atoms with Gasteiger partial charge in [0.1, 0.15) is 0 Å². The Morgan fingerprint density at radius 3 is 2.50 bits per heavy atom. The van der Waals surface area contributed by atoms with Crippen LogP contribution in [0.1, 0.15) is 24.0 Å². The third-order valence-electron chi connectivity index (χ3n) is 2.53. The minimum Gasteiger partial charge on any atom is -0.344 e. The van der Waals surface area contributed by atoms with Crippen molar-refractivity contribution >= 4 is 11.6 Å². The van der Waals surface area contributed by atoms with E-state index < -0.39 is 0 Å². The lowest BCUT2D eigenvalue weighted by molar-refractivity contribution is 0.911. The Balaban J connectivity index is 0.00000128. The van der Waals surface area contributed by atoms with Gasteiger partial charge in [-0.15, -0.1) is 0 Å². The van der Waals surface area contributed by atoms with Gasteiger partial charge in [0, 0.05) is 23.3 Å². The first kappa shape index (κ1) is 12.7. The zero-order valence-corrected chi connectivity index (χ0v) is 9.98. The summed E-state index contributed by atoms with van der Waals surface area (Å²) in [7, 11) is 0. The van der Waals surface area contributed by atoms with E-state index in [0.29, 0.717) is 5.92 Å². The van der Waals surface area contributed by atoms with Crippen LogP contribution in [-0.4, -0.2) is 4.98 Å². The molecule has 1 atom stereocenters. The van der Waals surface area contributed by atoms with Crippen LogP contribution in [0.4, 0.5) is 0 Å². The summed E-state index contributed by atoms with van der Waals surface area (Å²) < 4.78 is 0. The van der Waals surface area contributed by atoms with Crippen LogP contribution in [-0.2, 0) is 0 Å². The number of hydrogen-bond acceptors (Lipinski definition) is 2. The Bertz CT molecular complexity index is 443. The van der Waals surface area contributed by atoms with Crippen molar-refractivity contribution in [2.24, 2.45) is 0 Å². The van der Waals surface area contributed by atoms with Crippen LogP contribution in [0, 0.1) is 0 Å². The molecule has 0 aliphatic rings. The molecule has 16 heavy (non-hydrogen) atoms. The maximum absolute atomic E-state index is 5.96. The largest absolute Gasteiger partial charge is 0.344 e. The second-order valence-corrected chi connectivity index (χ2v) is 4.00. The summed E-state index contributed by atoms with van der Waals surface area (Å²) in [4.78, 5) is 4.12. The van der Waals surface area contributed by atoms with Gasteiger partial charge in [-0.25, -0.2) is 0 Å². The highest BCUT2D eigenvalue weighted by Gasteiger charge is 2.07. The number of pyridine rings is 1. The van der Waals surface area contributed by atoms with Crippen molar-refractivity contribution in [2.75, 3.05) is 0 Å². The number of halogens is 1. The van der Waals surface area contributed by atoms with Crippen molar-refractivity contribution in [3.05, 3.63) is 64.9 Å². The smallest absolute Gasteiger partial charge is 0.0408 e. The number of benzene rings is 1. The predicted octanol–water partition coefficient (Wildman–Crippen LogP) is 4.05. The molecule has 0 aliphatic carbocycles. The minimum atomic E-state index is 0. The van der Waals surface area contributed by atoms with Gasteiger partial charge in [-0.2, -0.15) is 0 Å². The van der Waals surface area contributed by atoms with Gasteiger partial charge in [0.05, 0.1) is 0 Å². The molecular formula is C13H15ClN2. The Kier molecular flexibility index (Phi) is 4.47. The average Bonchev–Trinajstić information content (AvgIpc) is 2.29. The molecule has 2 aromatic rings. The molecule has 1 aromatic carbocycles. The maximum Gasteiger partial charge on any atom is 0.0408 e. The second-order valence-electron chi connectivity index (χ2n) is 3.56. The number of nitrogens with zero attached hydrogens (tertiary/aromatic N) is 1. The quantitative estimate of drug-likeness (QED) is 0.852. The van der Waals surface area contributed by atoms with Gasteiger partial charge < -0.3 is 6.15 Å². The number of rotatable bonds is 2. The molecule has 0 saturated heterocycles. The highest BCUT2D eigenvalue weighted by molar-refractivity contribution is 6.30. The topological polar surface area (TPSA) is 47.9 Å². The van der Waals surface area contributed by atoms with Crippen LogP contribution in [0.2, 0.25) is 5.02 Å². The molecular weight excluding hydrogens is 220 g/mol. The van der Waals surface area contributed by atoms with Gasteiger partial charge in [-0.05, 0) is 29.3 Å². The van der Waals surface area contributed by atoms with E-state index >= 15 is 0 Å². The van der Waals surface area contributed by atoms with Crippen molar-refractivity contribution in [1.29, 1.82) is 0 Å². The van der Waals surface area contributed by atoms with E-state index in [0.717, 1.165) is 5.02 Å². The monoisotopic (exact) mass is 234 g/mol. The SMILES string of the molecule is CC(c1cccnc1)c1cccc(Cl)c1.N. The van der Waals surface area contributed by atoms with E-state index in [4.69, 9.17) is 11.6 Å². The fraction of sp³-hybridized carbons (Fsp3) is 0.154. The standard InChI is InChI=1S/C13H12ClN.H3N/c1-10(12-5-3-7-15-9-12)11-4-2-6-13(14)8-11;/h2-10H,1H3;1H3. The second kappa shape index (κ2) is 5.64. The Hall–Kier alpha value is -1.38. The van der Waals surface area contributed by atoms with Crippen molar-refractivity contribution in [1.82, 2.24) is 11.1 Å². The van der Waals surface area contributed by atoms with Crippen LogP contribution in [0.3, 0.4) is 0 Å². The van der Waals surface area contributed by atoms with Gasteiger partial charge in [-0.1, -0.05) is 36.7 Å². The van der Waals surface area contributed by atoms with Crippen LogP contribution >= 0.6 is 11.6 Å². The molecule has 0 radical (unpaired) electrons. The first-order valence-corrected chi connectivity index (χ1v) is 5.30. The molecule has 3 N–H and O–H groups in total. The maximum atomic E-state index is 5.96. The fourth-order valence-electron chi connectivity index (χ4n) is 1.60. The van der Waals surface area contributed by atoms with Gasteiger partial charge in [0.15, 0.2) is 0 Å². The zero-order valence-electron chi connectivity index (χ0n) is 9.23. The van der Waals surface area contributed by atoms with E-state index in [1.165, 1.54) is 11.1 Å². The van der Waals surface area contributed by atoms with Crippen molar-refractivity contribution in [3.63, 3.8) is 0 Å². The van der Waals surface area contributed by atoms with E-state index in [9.17, 15) is 0 Å². The number of hydrogen-bond donors (Lipinski definition) is 1. The lowest BCUT2D eigenvalue weighted by Gasteiger charge is -2.11. The molecule has 1 heterocycles. The first-order chi connectivity index (χ1) is 7.27.